The number of piperazine rings is 1. The number of hydrazine groups is 1. The minimum Gasteiger partial charge on any atom is -0.453 e. The van der Waals surface area contributed by atoms with Gasteiger partial charge in [-0.05, 0) is 88.9 Å². The van der Waals surface area contributed by atoms with E-state index in [2.05, 4.69) is 41.7 Å². The number of rotatable bonds is 19. The Labute approximate surface area is 458 Å². The van der Waals surface area contributed by atoms with E-state index in [4.69, 9.17) is 9.47 Å². The van der Waals surface area contributed by atoms with E-state index in [0.29, 0.717) is 85.0 Å². The average Bonchev–Trinajstić information content (AvgIpc) is 4.21. The first kappa shape index (κ1) is 61.4. The van der Waals surface area contributed by atoms with Crippen LogP contribution in [-0.4, -0.2) is 155 Å². The van der Waals surface area contributed by atoms with Gasteiger partial charge in [0.15, 0.2) is 6.10 Å². The number of nitrogens with one attached hydrogen (secondary N) is 4. The van der Waals surface area contributed by atoms with E-state index in [1.54, 1.807) is 18.3 Å². The Morgan fingerprint density at radius 3 is 1.95 bits per heavy atom. The zero-order chi connectivity index (χ0) is 59.4. The molecule has 5 heterocycles. The zero-order valence-corrected chi connectivity index (χ0v) is 44.6. The molecule has 28 heteroatoms. The van der Waals surface area contributed by atoms with Crippen LogP contribution in [-0.2, 0) is 36.8 Å². The van der Waals surface area contributed by atoms with Crippen LogP contribution in [0.3, 0.4) is 0 Å². The van der Waals surface area contributed by atoms with Crippen LogP contribution in [0.15, 0.2) is 67.3 Å². The van der Waals surface area contributed by atoms with E-state index >= 15 is 8.78 Å². The summed E-state index contributed by atoms with van der Waals surface area (Å²) >= 11 is 0. The Bertz CT molecular complexity index is 2910. The van der Waals surface area contributed by atoms with Gasteiger partial charge in [0.25, 0.3) is 5.91 Å². The van der Waals surface area contributed by atoms with E-state index in [9.17, 15) is 59.4 Å². The van der Waals surface area contributed by atoms with Gasteiger partial charge in [-0.2, -0.15) is 35.1 Å². The second-order valence-electron chi connectivity index (χ2n) is 21.0. The number of benzene rings is 2. The van der Waals surface area contributed by atoms with Crippen LogP contribution in [0.25, 0.3) is 11.3 Å². The first-order valence-electron chi connectivity index (χ1n) is 25.4. The molecular formula is C53H60F10N10O8. The quantitative estimate of drug-likeness (QED) is 0.0381. The number of hydrogen-bond donors (Lipinski definition) is 5. The fraction of sp³-hybridized carbons (Fsp3) is 0.509. The molecular weight excluding hydrogens is 1090 g/mol. The highest BCUT2D eigenvalue weighted by molar-refractivity contribution is 5.87. The molecule has 4 amide bonds. The molecule has 2 aromatic heterocycles. The Hall–Kier alpha value is -7.22. The number of imidazole rings is 1. The number of methoxy groups -OCH3 is 1. The van der Waals surface area contributed by atoms with Crippen LogP contribution in [0.2, 0.25) is 0 Å². The van der Waals surface area contributed by atoms with Crippen molar-refractivity contribution in [1.29, 1.82) is 0 Å². The number of alkyl halides is 8. The van der Waals surface area contributed by atoms with Crippen LogP contribution in [0.5, 0.6) is 0 Å². The van der Waals surface area contributed by atoms with Gasteiger partial charge in [0.1, 0.15) is 28.9 Å². The fourth-order valence-electron chi connectivity index (χ4n) is 9.59. The predicted octanol–water partition coefficient (Wildman–Crippen LogP) is 6.62. The number of aliphatic hydroxyl groups excluding tert-OH is 1. The minimum atomic E-state index is -5.27. The van der Waals surface area contributed by atoms with Crippen LogP contribution >= 0.6 is 0 Å². The molecule has 5 N–H and O–H groups in total. The number of halogens is 10. The van der Waals surface area contributed by atoms with Crippen molar-refractivity contribution >= 4 is 29.8 Å². The molecule has 3 aliphatic heterocycles. The standard InChI is InChI=1S/C53H60F10N10O8/c1-50(2,52(58,59)60)43(68-49(78)79-6)45(75)67-39(17-30-10-7-29(8-11-30)9-12-31-13-16-42(65-20-31)70-21-33-14-15-34(22-70)73(33)35-26-80-27-35)41(74)25-72(69-46(76)44(81-48(77)64-5)51(3,4)53(61,62)63)23-36-37(54)18-32(19-38(36)55)40-24-71(28-66-40)47(56)57/h7-8,10-11,13,16,18-20,24,28,33-35,39,41,43-44,47,74H,14-15,17,21-23,25-27H2,1-6H3,(H,64,77)(H,67,75)(H,68,78)(H,69,76)/t33-,34-,39-,41-,43+,44+/m0/s1. The summed E-state index contributed by atoms with van der Waals surface area (Å²) < 4.78 is 161. The highest BCUT2D eigenvalue weighted by atomic mass is 19.4. The molecule has 440 valence electrons. The highest BCUT2D eigenvalue weighted by Gasteiger charge is 2.58. The summed E-state index contributed by atoms with van der Waals surface area (Å²) in [5.74, 6) is 0.697. The lowest BCUT2D eigenvalue weighted by Crippen LogP contribution is -2.62. The minimum absolute atomic E-state index is 0.269. The fourth-order valence-corrected chi connectivity index (χ4v) is 9.59. The summed E-state index contributed by atoms with van der Waals surface area (Å²) in [5.41, 5.74) is -4.54. The number of hydrogen-bond acceptors (Lipinski definition) is 13. The van der Waals surface area contributed by atoms with Gasteiger partial charge in [0.2, 0.25) is 5.91 Å². The maximum Gasteiger partial charge on any atom is 0.407 e. The third-order valence-electron chi connectivity index (χ3n) is 14.7. The lowest BCUT2D eigenvalue weighted by molar-refractivity contribution is -0.239. The zero-order valence-electron chi connectivity index (χ0n) is 44.6. The van der Waals surface area contributed by atoms with Gasteiger partial charge in [-0.3, -0.25) is 24.5 Å². The van der Waals surface area contributed by atoms with E-state index < -0.39 is 115 Å². The van der Waals surface area contributed by atoms with E-state index in [0.717, 1.165) is 65.3 Å². The van der Waals surface area contributed by atoms with Gasteiger partial charge in [-0.1, -0.05) is 24.0 Å². The number of fused-ring (bicyclic) bond motifs is 2. The number of aromatic nitrogens is 3. The monoisotopic (exact) mass is 1150 g/mol. The molecule has 2 bridgehead atoms. The van der Waals surface area contributed by atoms with Crippen molar-refractivity contribution in [3.8, 4) is 23.1 Å². The number of ether oxygens (including phenoxy) is 3. The SMILES string of the molecule is CNC(=O)O[C@H](C(=O)NN(Cc1c(F)cc(-c2cn(C(F)F)cn2)cc1F)C[C@H](O)[C@H](Cc1ccc(C#Cc2ccc(N3C[C@@H]4CC[C@@H](C3)N4C3COC3)nc2)cc1)NC(=O)[C@@H](NC(=O)OC)C(C)(C)C(F)(F)F)C(C)(C)C(F)(F)F. The molecule has 6 atom stereocenters. The van der Waals surface area contributed by atoms with E-state index in [1.807, 2.05) is 28.2 Å². The summed E-state index contributed by atoms with van der Waals surface area (Å²) in [6.45, 7) is -0.00992. The molecule has 0 aliphatic carbocycles. The van der Waals surface area contributed by atoms with Gasteiger partial charge < -0.3 is 40.2 Å². The van der Waals surface area contributed by atoms with E-state index in [1.165, 1.54) is 12.1 Å². The summed E-state index contributed by atoms with van der Waals surface area (Å²) in [7, 11) is 1.79. The highest BCUT2D eigenvalue weighted by Crippen LogP contribution is 2.43. The van der Waals surface area contributed by atoms with Gasteiger partial charge in [-0.25, -0.2) is 33.3 Å². The Morgan fingerprint density at radius 2 is 1.43 bits per heavy atom. The lowest BCUT2D eigenvalue weighted by Gasteiger charge is -2.47. The van der Waals surface area contributed by atoms with Crippen LogP contribution in [0.4, 0.5) is 59.3 Å². The molecule has 0 unspecified atom stereocenters. The number of nitrogens with zero attached hydrogens (tertiary/aromatic N) is 6. The average molecular weight is 1160 g/mol. The third kappa shape index (κ3) is 14.3. The van der Waals surface area contributed by atoms with Crippen LogP contribution < -0.4 is 26.3 Å². The third-order valence-corrected chi connectivity index (χ3v) is 14.7. The number of pyridine rings is 1. The summed E-state index contributed by atoms with van der Waals surface area (Å²) in [5, 5.41) is 18.6. The Kier molecular flexibility index (Phi) is 18.9. The first-order chi connectivity index (χ1) is 38.0. The molecule has 7 rings (SSSR count). The van der Waals surface area contributed by atoms with Crippen molar-refractivity contribution in [2.45, 2.75) is 115 Å². The normalized spacial score (nSPS) is 18.5. The van der Waals surface area contributed by atoms with E-state index in [-0.39, 0.29) is 16.8 Å². The smallest absolute Gasteiger partial charge is 0.407 e. The molecule has 3 saturated heterocycles. The van der Waals surface area contributed by atoms with Crippen molar-refractivity contribution in [2.24, 2.45) is 10.8 Å². The molecule has 81 heavy (non-hydrogen) atoms. The van der Waals surface area contributed by atoms with Gasteiger partial charge in [0, 0.05) is 80.0 Å². The molecule has 3 aliphatic rings. The van der Waals surface area contributed by atoms with Crippen molar-refractivity contribution in [3.63, 3.8) is 0 Å². The second-order valence-corrected chi connectivity index (χ2v) is 21.0. The van der Waals surface area contributed by atoms with Crippen molar-refractivity contribution in [1.82, 2.24) is 45.8 Å². The van der Waals surface area contributed by atoms with Crippen molar-refractivity contribution in [3.05, 3.63) is 101 Å². The number of carbonyl (C=O) groups is 4. The van der Waals surface area contributed by atoms with Crippen LogP contribution in [0, 0.1) is 34.3 Å². The molecule has 3 fully saturated rings. The maximum absolute atomic E-state index is 16.0. The topological polar surface area (TPSA) is 205 Å². The van der Waals surface area contributed by atoms with Gasteiger partial charge in [0.05, 0.1) is 55.9 Å². The maximum atomic E-state index is 16.0. The number of aliphatic hydroxyl groups is 1. The number of anilines is 1. The number of alkyl carbamates (subject to hydrolysis) is 2. The molecule has 0 spiro atoms. The summed E-state index contributed by atoms with van der Waals surface area (Å²) in [6, 6.07) is 8.14. The van der Waals surface area contributed by atoms with Crippen LogP contribution in [0.1, 0.15) is 69.3 Å². The van der Waals surface area contributed by atoms with Gasteiger partial charge in [-0.15, -0.1) is 0 Å². The van der Waals surface area contributed by atoms with Crippen molar-refractivity contribution in [2.75, 3.05) is 51.9 Å². The second kappa shape index (κ2) is 24.9. The molecule has 4 aromatic rings. The molecule has 0 saturated carbocycles. The first-order valence-corrected chi connectivity index (χ1v) is 25.4. The molecule has 0 radical (unpaired) electrons. The summed E-state index contributed by atoms with van der Waals surface area (Å²) in [6.07, 6.45) is -13.5. The lowest BCUT2D eigenvalue weighted by atomic mass is 9.82. The Morgan fingerprint density at radius 1 is 0.827 bits per heavy atom. The number of amides is 4. The molecule has 18 nitrogen and oxygen atoms in total. The summed E-state index contributed by atoms with van der Waals surface area (Å²) in [4.78, 5) is 66.1. The van der Waals surface area contributed by atoms with Crippen molar-refractivity contribution < 1.29 is 82.4 Å². The largest absolute Gasteiger partial charge is 0.453 e. The molecule has 2 aromatic carbocycles. The predicted molar refractivity (Wildman–Crippen MR) is 269 cm³/mol. The van der Waals surface area contributed by atoms with Gasteiger partial charge >= 0.3 is 31.1 Å². The number of carbonyl (C=O) groups excluding carboxylic acids is 4. The Balaban J connectivity index is 1.18.